The van der Waals surface area contributed by atoms with E-state index in [9.17, 15) is 14.9 Å². The van der Waals surface area contributed by atoms with Crippen LogP contribution < -0.4 is 4.90 Å². The van der Waals surface area contributed by atoms with Crippen molar-refractivity contribution in [2.75, 3.05) is 11.4 Å². The van der Waals surface area contributed by atoms with E-state index in [0.29, 0.717) is 12.1 Å². The highest BCUT2D eigenvalue weighted by Gasteiger charge is 2.44. The molecular weight excluding hydrogens is 308 g/mol. The minimum atomic E-state index is -0.675. The lowest BCUT2D eigenvalue weighted by atomic mass is 9.87. The largest absolute Gasteiger partial charge is 0.443 e. The Morgan fingerprint density at radius 3 is 2.50 bits per heavy atom. The highest BCUT2D eigenvalue weighted by atomic mass is 35.5. The minimum Gasteiger partial charge on any atom is -0.443 e. The first-order valence-corrected chi connectivity index (χ1v) is 7.29. The van der Waals surface area contributed by atoms with Crippen molar-refractivity contribution >= 4 is 29.1 Å². The predicted octanol–water partition coefficient (Wildman–Crippen LogP) is 4.28. The van der Waals surface area contributed by atoms with Crippen molar-refractivity contribution in [1.82, 2.24) is 0 Å². The van der Waals surface area contributed by atoms with Gasteiger partial charge in [0.25, 0.3) is 5.69 Å². The fourth-order valence-corrected chi connectivity index (χ4v) is 2.77. The molecule has 1 aromatic rings. The van der Waals surface area contributed by atoms with Crippen LogP contribution in [0.3, 0.4) is 0 Å². The normalized spacial score (nSPS) is 16.4. The van der Waals surface area contributed by atoms with Gasteiger partial charge in [-0.05, 0) is 32.4 Å². The fraction of sp³-hybridized carbons (Fsp3) is 0.533. The molecule has 1 heterocycles. The van der Waals surface area contributed by atoms with Crippen LogP contribution in [0.2, 0.25) is 5.02 Å². The van der Waals surface area contributed by atoms with Crippen LogP contribution in [0.4, 0.5) is 16.2 Å². The van der Waals surface area contributed by atoms with Crippen LogP contribution in [0.15, 0.2) is 12.1 Å². The van der Waals surface area contributed by atoms with E-state index < -0.39 is 22.0 Å². The van der Waals surface area contributed by atoms with Gasteiger partial charge in [-0.2, -0.15) is 0 Å². The summed E-state index contributed by atoms with van der Waals surface area (Å²) >= 11 is 5.99. The summed E-state index contributed by atoms with van der Waals surface area (Å²) in [7, 11) is 0. The molecule has 7 heteroatoms. The van der Waals surface area contributed by atoms with Crippen LogP contribution in [0.25, 0.3) is 0 Å². The number of fused-ring (bicyclic) bond motifs is 1. The topological polar surface area (TPSA) is 72.7 Å². The van der Waals surface area contributed by atoms with E-state index in [2.05, 4.69) is 0 Å². The second-order valence-electron chi connectivity index (χ2n) is 7.03. The lowest BCUT2D eigenvalue weighted by Crippen LogP contribution is -2.38. The van der Waals surface area contributed by atoms with Crippen LogP contribution in [-0.2, 0) is 10.2 Å². The summed E-state index contributed by atoms with van der Waals surface area (Å²) in [6.07, 6.45) is -0.593. The van der Waals surface area contributed by atoms with Crippen molar-refractivity contribution in [3.63, 3.8) is 0 Å². The highest BCUT2D eigenvalue weighted by Crippen LogP contribution is 2.47. The summed E-state index contributed by atoms with van der Waals surface area (Å²) in [5.41, 5.74) is -0.349. The number of benzene rings is 1. The Kier molecular flexibility index (Phi) is 3.85. The van der Waals surface area contributed by atoms with Crippen LogP contribution in [0.1, 0.15) is 40.2 Å². The molecule has 6 nitrogen and oxygen atoms in total. The van der Waals surface area contributed by atoms with Crippen molar-refractivity contribution in [1.29, 1.82) is 0 Å². The molecule has 0 atom stereocenters. The van der Waals surface area contributed by atoms with Gasteiger partial charge in [-0.15, -0.1) is 0 Å². The van der Waals surface area contributed by atoms with Crippen molar-refractivity contribution in [2.45, 2.75) is 45.6 Å². The molecule has 0 N–H and O–H groups in total. The molecule has 1 aliphatic heterocycles. The third kappa shape index (κ3) is 3.02. The molecule has 0 radical (unpaired) electrons. The fourth-order valence-electron chi connectivity index (χ4n) is 2.56. The van der Waals surface area contributed by atoms with Gasteiger partial charge in [0.2, 0.25) is 0 Å². The zero-order valence-electron chi connectivity index (χ0n) is 13.3. The Balaban J connectivity index is 2.57. The van der Waals surface area contributed by atoms with Crippen LogP contribution in [0, 0.1) is 10.1 Å². The molecule has 2 rings (SSSR count). The second-order valence-corrected chi connectivity index (χ2v) is 7.46. The summed E-state index contributed by atoms with van der Waals surface area (Å²) in [5.74, 6) is 0. The van der Waals surface area contributed by atoms with Gasteiger partial charge in [0.05, 0.1) is 4.92 Å². The van der Waals surface area contributed by atoms with Crippen LogP contribution in [0.5, 0.6) is 0 Å². The average molecular weight is 327 g/mol. The Bertz CT molecular complexity index is 650. The van der Waals surface area contributed by atoms with Crippen molar-refractivity contribution < 1.29 is 14.5 Å². The predicted molar refractivity (Wildman–Crippen MR) is 84.7 cm³/mol. The second kappa shape index (κ2) is 5.12. The van der Waals surface area contributed by atoms with Crippen molar-refractivity contribution in [3.05, 3.63) is 32.8 Å². The molecule has 1 amide bonds. The molecule has 0 spiro atoms. The molecule has 22 heavy (non-hydrogen) atoms. The number of nitrogens with zero attached hydrogens (tertiary/aromatic N) is 2. The number of ether oxygens (including phenoxy) is 1. The first kappa shape index (κ1) is 16.5. The number of anilines is 1. The van der Waals surface area contributed by atoms with E-state index in [1.165, 1.54) is 11.0 Å². The summed E-state index contributed by atoms with van der Waals surface area (Å²) < 4.78 is 5.37. The molecule has 0 saturated heterocycles. The van der Waals surface area contributed by atoms with Crippen LogP contribution >= 0.6 is 11.6 Å². The molecule has 0 saturated carbocycles. The van der Waals surface area contributed by atoms with Crippen LogP contribution in [-0.4, -0.2) is 23.2 Å². The van der Waals surface area contributed by atoms with Gasteiger partial charge >= 0.3 is 6.09 Å². The number of rotatable bonds is 1. The summed E-state index contributed by atoms with van der Waals surface area (Å²) in [6.45, 7) is 9.39. The van der Waals surface area contributed by atoms with Gasteiger partial charge in [0, 0.05) is 23.0 Å². The summed E-state index contributed by atoms with van der Waals surface area (Å²) in [6, 6.07) is 2.94. The Hall–Kier alpha value is -1.82. The number of amides is 1. The van der Waals surface area contributed by atoms with E-state index in [4.69, 9.17) is 16.3 Å². The first-order valence-electron chi connectivity index (χ1n) is 6.91. The summed E-state index contributed by atoms with van der Waals surface area (Å²) in [5, 5.41) is 11.6. The van der Waals surface area contributed by atoms with Gasteiger partial charge in [-0.25, -0.2) is 4.79 Å². The third-order valence-corrected chi connectivity index (χ3v) is 3.64. The van der Waals surface area contributed by atoms with E-state index in [1.807, 2.05) is 13.8 Å². The van der Waals surface area contributed by atoms with Crippen molar-refractivity contribution in [3.8, 4) is 0 Å². The number of halogens is 1. The van der Waals surface area contributed by atoms with Crippen molar-refractivity contribution in [2.24, 2.45) is 0 Å². The summed E-state index contributed by atoms with van der Waals surface area (Å²) in [4.78, 5) is 24.6. The highest BCUT2D eigenvalue weighted by molar-refractivity contribution is 6.31. The Morgan fingerprint density at radius 2 is 2.00 bits per heavy atom. The van der Waals surface area contributed by atoms with Gasteiger partial charge in [-0.1, -0.05) is 25.4 Å². The maximum Gasteiger partial charge on any atom is 0.415 e. The maximum absolute atomic E-state index is 12.4. The zero-order chi connectivity index (χ0) is 16.9. The molecule has 1 aromatic carbocycles. The number of nitro groups is 1. The minimum absolute atomic E-state index is 0.182. The number of nitro benzene ring substituents is 1. The molecular formula is C15H19ClN2O4. The smallest absolute Gasteiger partial charge is 0.415 e. The van der Waals surface area contributed by atoms with Gasteiger partial charge in [0.15, 0.2) is 0 Å². The number of carbonyl (C=O) groups excluding carboxylic acids is 1. The van der Waals surface area contributed by atoms with Gasteiger partial charge in [-0.3, -0.25) is 15.0 Å². The molecule has 0 aliphatic carbocycles. The van der Waals surface area contributed by atoms with E-state index in [1.54, 1.807) is 26.8 Å². The number of carbonyl (C=O) groups is 1. The SMILES string of the molecule is CC(C)(C)OC(=O)N1CC(C)(C)c2cc(Cl)cc([N+](=O)[O-])c21. The van der Waals surface area contributed by atoms with E-state index >= 15 is 0 Å². The molecule has 0 bridgehead atoms. The van der Waals surface area contributed by atoms with E-state index in [-0.39, 0.29) is 16.4 Å². The first-order chi connectivity index (χ1) is 9.92. The quantitative estimate of drug-likeness (QED) is 0.570. The van der Waals surface area contributed by atoms with E-state index in [0.717, 1.165) is 0 Å². The molecule has 1 aliphatic rings. The van der Waals surface area contributed by atoms with Gasteiger partial charge in [0.1, 0.15) is 11.3 Å². The number of hydrogen-bond acceptors (Lipinski definition) is 4. The molecule has 120 valence electrons. The maximum atomic E-state index is 12.4. The lowest BCUT2D eigenvalue weighted by Gasteiger charge is -2.25. The van der Waals surface area contributed by atoms with Gasteiger partial charge < -0.3 is 4.74 Å². The molecule has 0 fully saturated rings. The monoisotopic (exact) mass is 326 g/mol. The Labute approximate surface area is 134 Å². The molecule has 0 unspecified atom stereocenters. The number of hydrogen-bond donors (Lipinski definition) is 0. The average Bonchev–Trinajstić information content (AvgIpc) is 2.58. The standard InChI is InChI=1S/C15H19ClN2O4/c1-14(2,3)22-13(19)17-8-15(4,5)10-6-9(16)7-11(12(10)17)18(20)21/h6-7H,8H2,1-5H3. The Morgan fingerprint density at radius 1 is 1.41 bits per heavy atom. The lowest BCUT2D eigenvalue weighted by molar-refractivity contribution is -0.384. The third-order valence-electron chi connectivity index (χ3n) is 3.42. The molecule has 0 aromatic heterocycles. The zero-order valence-corrected chi connectivity index (χ0v) is 14.0.